The van der Waals surface area contributed by atoms with E-state index >= 15 is 0 Å². The maximum Gasteiger partial charge on any atom is 0.151 e. The molecule has 0 saturated carbocycles. The van der Waals surface area contributed by atoms with Gasteiger partial charge in [0.1, 0.15) is 0 Å². The lowest BCUT2D eigenvalue weighted by Crippen LogP contribution is -2.51. The molecule has 0 spiro atoms. The SMILES string of the molecule is [CH]C(=O)CN1CCN(CC(C)(C)O)CC1. The first kappa shape index (κ1) is 12.6. The van der Waals surface area contributed by atoms with E-state index in [1.807, 2.05) is 18.7 Å². The summed E-state index contributed by atoms with van der Waals surface area (Å²) in [6, 6.07) is 0. The van der Waals surface area contributed by atoms with Crippen molar-refractivity contribution < 1.29 is 9.90 Å². The van der Waals surface area contributed by atoms with Crippen LogP contribution in [-0.2, 0) is 4.79 Å². The largest absolute Gasteiger partial charge is 0.389 e. The van der Waals surface area contributed by atoms with E-state index in [0.29, 0.717) is 13.1 Å². The molecule has 0 aromatic carbocycles. The Balaban J connectivity index is 2.27. The van der Waals surface area contributed by atoms with Gasteiger partial charge in [-0.1, -0.05) is 0 Å². The Labute approximate surface area is 91.9 Å². The Hall–Kier alpha value is -0.450. The van der Waals surface area contributed by atoms with Gasteiger partial charge in [0, 0.05) is 39.6 Å². The van der Waals surface area contributed by atoms with E-state index in [2.05, 4.69) is 4.90 Å². The fourth-order valence-corrected chi connectivity index (χ4v) is 1.87. The number of carbonyl (C=O) groups is 1. The molecule has 0 aliphatic carbocycles. The lowest BCUT2D eigenvalue weighted by Gasteiger charge is -2.36. The van der Waals surface area contributed by atoms with Crippen molar-refractivity contribution in [2.75, 3.05) is 39.3 Å². The molecule has 0 unspecified atom stereocenters. The van der Waals surface area contributed by atoms with Crippen molar-refractivity contribution in [1.82, 2.24) is 9.80 Å². The molecule has 1 N–H and O–H groups in total. The molecular formula is C11H20N2O2. The monoisotopic (exact) mass is 212 g/mol. The molecule has 1 heterocycles. The van der Waals surface area contributed by atoms with Gasteiger partial charge in [0.2, 0.25) is 0 Å². The highest BCUT2D eigenvalue weighted by Gasteiger charge is 2.22. The fourth-order valence-electron chi connectivity index (χ4n) is 1.87. The Morgan fingerprint density at radius 2 is 1.73 bits per heavy atom. The van der Waals surface area contributed by atoms with Crippen molar-refractivity contribution in [3.63, 3.8) is 0 Å². The second-order valence-corrected chi connectivity index (χ2v) is 4.83. The molecule has 1 fully saturated rings. The number of nitrogens with zero attached hydrogens (tertiary/aromatic N) is 2. The first-order valence-corrected chi connectivity index (χ1v) is 5.32. The van der Waals surface area contributed by atoms with Gasteiger partial charge in [0.05, 0.1) is 12.1 Å². The van der Waals surface area contributed by atoms with Gasteiger partial charge in [-0.05, 0) is 13.8 Å². The summed E-state index contributed by atoms with van der Waals surface area (Å²) in [6.45, 7) is 13.2. The van der Waals surface area contributed by atoms with Crippen LogP contribution >= 0.6 is 0 Å². The number of aliphatic hydroxyl groups is 1. The van der Waals surface area contributed by atoms with Crippen molar-refractivity contribution in [2.24, 2.45) is 0 Å². The summed E-state index contributed by atoms with van der Waals surface area (Å²) < 4.78 is 0. The van der Waals surface area contributed by atoms with E-state index in [-0.39, 0.29) is 5.78 Å². The molecule has 0 amide bonds. The molecule has 0 atom stereocenters. The van der Waals surface area contributed by atoms with E-state index < -0.39 is 5.60 Å². The minimum absolute atomic E-state index is 0.272. The lowest BCUT2D eigenvalue weighted by molar-refractivity contribution is -0.116. The topological polar surface area (TPSA) is 43.8 Å². The molecule has 2 radical (unpaired) electrons. The van der Waals surface area contributed by atoms with Gasteiger partial charge in [-0.3, -0.25) is 14.6 Å². The van der Waals surface area contributed by atoms with E-state index in [1.165, 1.54) is 0 Å². The first-order chi connectivity index (χ1) is 6.87. The zero-order chi connectivity index (χ0) is 11.5. The highest BCUT2D eigenvalue weighted by molar-refractivity contribution is 5.84. The summed E-state index contributed by atoms with van der Waals surface area (Å²) in [5.41, 5.74) is -0.647. The summed E-state index contributed by atoms with van der Waals surface area (Å²) in [5, 5.41) is 9.65. The molecule has 0 aromatic rings. The second-order valence-electron chi connectivity index (χ2n) is 4.83. The van der Waals surface area contributed by atoms with Crippen LogP contribution in [0.4, 0.5) is 0 Å². The Bertz CT molecular complexity index is 215. The number of hydrogen-bond acceptors (Lipinski definition) is 4. The van der Waals surface area contributed by atoms with Crippen molar-refractivity contribution in [3.05, 3.63) is 6.92 Å². The van der Waals surface area contributed by atoms with Crippen LogP contribution in [-0.4, -0.2) is 65.6 Å². The standard InChI is InChI=1S/C11H20N2O2/c1-10(14)8-12-4-6-13(7-5-12)9-11(2,3)15/h1,15H,4-9H2,2-3H3. The van der Waals surface area contributed by atoms with E-state index in [9.17, 15) is 9.90 Å². The van der Waals surface area contributed by atoms with Crippen LogP contribution in [0.15, 0.2) is 0 Å². The Morgan fingerprint density at radius 1 is 1.27 bits per heavy atom. The molecular weight excluding hydrogens is 192 g/mol. The zero-order valence-corrected chi connectivity index (χ0v) is 9.57. The zero-order valence-electron chi connectivity index (χ0n) is 9.57. The van der Waals surface area contributed by atoms with Gasteiger partial charge >= 0.3 is 0 Å². The number of piperazine rings is 1. The van der Waals surface area contributed by atoms with Crippen molar-refractivity contribution in [2.45, 2.75) is 19.4 Å². The summed E-state index contributed by atoms with van der Waals surface area (Å²) in [5.74, 6) is -0.272. The second kappa shape index (κ2) is 5.05. The number of ketones is 1. The highest BCUT2D eigenvalue weighted by atomic mass is 16.3. The quantitative estimate of drug-likeness (QED) is 0.692. The minimum atomic E-state index is -0.647. The van der Waals surface area contributed by atoms with Crippen molar-refractivity contribution in [3.8, 4) is 0 Å². The molecule has 1 saturated heterocycles. The third-order valence-corrected chi connectivity index (χ3v) is 2.45. The average molecular weight is 212 g/mol. The van der Waals surface area contributed by atoms with Crippen molar-refractivity contribution in [1.29, 1.82) is 0 Å². The maximum atomic E-state index is 10.7. The highest BCUT2D eigenvalue weighted by Crippen LogP contribution is 2.08. The molecule has 1 rings (SSSR count). The third-order valence-electron chi connectivity index (χ3n) is 2.45. The number of rotatable bonds is 4. The average Bonchev–Trinajstić information content (AvgIpc) is 2.05. The summed E-state index contributed by atoms with van der Waals surface area (Å²) in [4.78, 5) is 15.0. The van der Waals surface area contributed by atoms with E-state index in [1.54, 1.807) is 0 Å². The number of Topliss-reactive ketones (excluding diaryl/α,β-unsaturated/α-hetero) is 1. The first-order valence-electron chi connectivity index (χ1n) is 5.32. The van der Waals surface area contributed by atoms with Gasteiger partial charge in [0.15, 0.2) is 5.78 Å². The predicted molar refractivity (Wildman–Crippen MR) is 58.5 cm³/mol. The normalized spacial score (nSPS) is 20.5. The molecule has 1 aliphatic heterocycles. The Kier molecular flexibility index (Phi) is 4.25. The summed E-state index contributed by atoms with van der Waals surface area (Å²) in [6.07, 6.45) is 0. The maximum absolute atomic E-state index is 10.7. The van der Waals surface area contributed by atoms with E-state index in [4.69, 9.17) is 6.92 Å². The Morgan fingerprint density at radius 3 is 2.13 bits per heavy atom. The van der Waals surface area contributed by atoms with Gasteiger partial charge < -0.3 is 5.11 Å². The van der Waals surface area contributed by atoms with Crippen LogP contribution in [0.5, 0.6) is 0 Å². The summed E-state index contributed by atoms with van der Waals surface area (Å²) >= 11 is 0. The molecule has 1 aliphatic rings. The molecule has 0 aromatic heterocycles. The van der Waals surface area contributed by atoms with Crippen molar-refractivity contribution >= 4 is 5.78 Å². The van der Waals surface area contributed by atoms with Gasteiger partial charge in [0.25, 0.3) is 0 Å². The number of carbonyl (C=O) groups excluding carboxylic acids is 1. The minimum Gasteiger partial charge on any atom is -0.389 e. The van der Waals surface area contributed by atoms with Crippen LogP contribution in [0, 0.1) is 6.92 Å². The van der Waals surface area contributed by atoms with Gasteiger partial charge in [-0.2, -0.15) is 0 Å². The van der Waals surface area contributed by atoms with E-state index in [0.717, 1.165) is 26.2 Å². The van der Waals surface area contributed by atoms with Crippen LogP contribution in [0.3, 0.4) is 0 Å². The molecule has 86 valence electrons. The van der Waals surface area contributed by atoms with Gasteiger partial charge in [-0.25, -0.2) is 0 Å². The van der Waals surface area contributed by atoms with Crippen LogP contribution < -0.4 is 0 Å². The predicted octanol–water partition coefficient (Wildman–Crippen LogP) is -0.345. The molecule has 4 heteroatoms. The molecule has 4 nitrogen and oxygen atoms in total. The lowest BCUT2D eigenvalue weighted by atomic mass is 10.1. The fraction of sp³-hybridized carbons (Fsp3) is 0.818. The third kappa shape index (κ3) is 5.25. The smallest absolute Gasteiger partial charge is 0.151 e. The molecule has 15 heavy (non-hydrogen) atoms. The number of β-amino-alcohol motifs (C(OH)–C–C–N with tert-alkyl or cyclic N) is 1. The summed E-state index contributed by atoms with van der Waals surface area (Å²) in [7, 11) is 0. The molecule has 0 bridgehead atoms. The van der Waals surface area contributed by atoms with Crippen LogP contribution in [0.25, 0.3) is 0 Å². The van der Waals surface area contributed by atoms with Crippen LogP contribution in [0.1, 0.15) is 13.8 Å². The number of hydrogen-bond donors (Lipinski definition) is 1. The van der Waals surface area contributed by atoms with Gasteiger partial charge in [-0.15, -0.1) is 0 Å². The van der Waals surface area contributed by atoms with Crippen LogP contribution in [0.2, 0.25) is 0 Å².